The zero-order valence-corrected chi connectivity index (χ0v) is 28.1. The maximum atomic E-state index is 13.4. The fourth-order valence-corrected chi connectivity index (χ4v) is 9.32. The lowest BCUT2D eigenvalue weighted by molar-refractivity contribution is -0.149. The van der Waals surface area contributed by atoms with Crippen LogP contribution in [-0.4, -0.2) is 65.1 Å². The maximum absolute atomic E-state index is 13.4. The van der Waals surface area contributed by atoms with Gasteiger partial charge in [-0.1, -0.05) is 36.7 Å². The molecule has 2 aromatic carbocycles. The Kier molecular flexibility index (Phi) is 9.69. The van der Waals surface area contributed by atoms with Crippen LogP contribution >= 0.6 is 11.6 Å². The average Bonchev–Trinajstić information content (AvgIpc) is 3.17. The number of carbonyl (C=O) groups is 2. The molecule has 4 aliphatic rings. The molecule has 6 rings (SSSR count). The summed E-state index contributed by atoms with van der Waals surface area (Å²) in [6.07, 6.45) is 9.67. The zero-order valence-electron chi connectivity index (χ0n) is 26.5. The molecule has 2 heterocycles. The van der Waals surface area contributed by atoms with Gasteiger partial charge in [0, 0.05) is 29.1 Å². The number of anilines is 1. The van der Waals surface area contributed by atoms with Gasteiger partial charge in [-0.2, -0.15) is 0 Å². The summed E-state index contributed by atoms with van der Waals surface area (Å²) in [7, 11) is -2.58. The maximum Gasteiger partial charge on any atom is 0.331 e. The number of rotatable bonds is 4. The van der Waals surface area contributed by atoms with Crippen molar-refractivity contribution < 1.29 is 32.2 Å². The van der Waals surface area contributed by atoms with Crippen molar-refractivity contribution in [1.29, 1.82) is 0 Å². The second-order valence-corrected chi connectivity index (χ2v) is 15.5. The van der Waals surface area contributed by atoms with Crippen LogP contribution in [-0.2, 0) is 36.1 Å². The Bertz CT molecular complexity index is 1610. The summed E-state index contributed by atoms with van der Waals surface area (Å²) < 4.78 is 46.6. The molecule has 1 fully saturated rings. The van der Waals surface area contributed by atoms with E-state index in [1.807, 2.05) is 25.1 Å². The van der Waals surface area contributed by atoms with Crippen LogP contribution in [0.2, 0.25) is 5.02 Å². The molecular weight excluding hydrogens is 628 g/mol. The highest BCUT2D eigenvalue weighted by atomic mass is 35.5. The van der Waals surface area contributed by atoms with E-state index in [-0.39, 0.29) is 35.5 Å². The number of methoxy groups -OCH3 is 1. The number of carbonyl (C=O) groups excluding carboxylic acids is 2. The van der Waals surface area contributed by atoms with E-state index in [4.69, 9.17) is 25.8 Å². The van der Waals surface area contributed by atoms with E-state index in [2.05, 4.69) is 21.8 Å². The van der Waals surface area contributed by atoms with Gasteiger partial charge < -0.3 is 19.1 Å². The van der Waals surface area contributed by atoms with Crippen molar-refractivity contribution >= 4 is 39.2 Å². The zero-order chi connectivity index (χ0) is 32.5. The lowest BCUT2D eigenvalue weighted by atomic mass is 9.68. The fourth-order valence-electron chi connectivity index (χ4n) is 7.70. The molecule has 9 nitrogen and oxygen atoms in total. The van der Waals surface area contributed by atoms with Crippen LogP contribution < -0.4 is 14.4 Å². The highest BCUT2D eigenvalue weighted by molar-refractivity contribution is 7.90. The molecule has 1 spiro atoms. The fraction of sp³-hybridized carbons (Fsp3) is 0.543. The third-order valence-electron chi connectivity index (χ3n) is 10.4. The lowest BCUT2D eigenvalue weighted by Gasteiger charge is -2.46. The monoisotopic (exact) mass is 670 g/mol. The van der Waals surface area contributed by atoms with Gasteiger partial charge in [0.05, 0.1) is 30.8 Å². The van der Waals surface area contributed by atoms with Gasteiger partial charge in [0.25, 0.3) is 5.91 Å². The first-order valence-corrected chi connectivity index (χ1v) is 18.3. The van der Waals surface area contributed by atoms with E-state index < -0.39 is 27.1 Å². The van der Waals surface area contributed by atoms with E-state index in [0.29, 0.717) is 44.7 Å². The van der Waals surface area contributed by atoms with Crippen LogP contribution in [0.4, 0.5) is 5.69 Å². The Morgan fingerprint density at radius 3 is 2.78 bits per heavy atom. The van der Waals surface area contributed by atoms with Crippen molar-refractivity contribution in [3.05, 3.63) is 70.3 Å². The van der Waals surface area contributed by atoms with Gasteiger partial charge in [-0.25, -0.2) is 17.9 Å². The first-order chi connectivity index (χ1) is 22.1. The molecule has 2 bridgehead atoms. The van der Waals surface area contributed by atoms with Crippen LogP contribution in [0.1, 0.15) is 73.4 Å². The summed E-state index contributed by atoms with van der Waals surface area (Å²) in [4.78, 5) is 27.8. The van der Waals surface area contributed by atoms with E-state index in [1.165, 1.54) is 18.2 Å². The Hall–Kier alpha value is -3.08. The number of ether oxygens (including phenoxy) is 3. The minimum atomic E-state index is -3.93. The predicted octanol–water partition coefficient (Wildman–Crippen LogP) is 5.59. The first kappa shape index (κ1) is 32.8. The molecule has 0 radical (unpaired) electrons. The third-order valence-corrected chi connectivity index (χ3v) is 12.5. The molecule has 248 valence electrons. The minimum absolute atomic E-state index is 0.154. The number of benzene rings is 2. The highest BCUT2D eigenvalue weighted by Crippen LogP contribution is 2.47. The van der Waals surface area contributed by atoms with E-state index >= 15 is 0 Å². The number of hydrogen-bond donors (Lipinski definition) is 1. The number of nitrogens with zero attached hydrogens (tertiary/aromatic N) is 1. The van der Waals surface area contributed by atoms with E-state index in [0.717, 1.165) is 42.8 Å². The van der Waals surface area contributed by atoms with E-state index in [9.17, 15) is 18.0 Å². The normalized spacial score (nSPS) is 29.6. The van der Waals surface area contributed by atoms with Gasteiger partial charge >= 0.3 is 5.97 Å². The SMILES string of the molecule is CC[C@@H]1CC/C=C\[C@H](OCC(=O)OC)[C@@H]2CC[C@H]2CN2C[C@@]3(CCCc4cc(Cl)ccc43)COc3ccc(cc32)C(=O)NS1(=O)=O. The van der Waals surface area contributed by atoms with Crippen molar-refractivity contribution in [3.63, 3.8) is 0 Å². The number of nitrogens with one attached hydrogen (secondary N) is 1. The van der Waals surface area contributed by atoms with Gasteiger partial charge in [0.15, 0.2) is 0 Å². The summed E-state index contributed by atoms with van der Waals surface area (Å²) in [5, 5.41) is -0.0156. The first-order valence-electron chi connectivity index (χ1n) is 16.3. The largest absolute Gasteiger partial charge is 0.490 e. The summed E-state index contributed by atoms with van der Waals surface area (Å²) in [5.74, 6) is 0.00982. The van der Waals surface area contributed by atoms with Crippen LogP contribution in [0, 0.1) is 11.8 Å². The molecule has 1 N–H and O–H groups in total. The molecule has 11 heteroatoms. The molecule has 0 aromatic heterocycles. The molecule has 0 saturated heterocycles. The summed E-state index contributed by atoms with van der Waals surface area (Å²) in [5.41, 5.74) is 3.23. The quantitative estimate of drug-likeness (QED) is 0.331. The molecule has 1 saturated carbocycles. The third kappa shape index (κ3) is 6.66. The van der Waals surface area contributed by atoms with Crippen molar-refractivity contribution in [2.75, 3.05) is 38.3 Å². The molecule has 1 amide bonds. The van der Waals surface area contributed by atoms with Crippen molar-refractivity contribution in [2.45, 2.75) is 75.1 Å². The summed E-state index contributed by atoms with van der Waals surface area (Å²) in [6.45, 7) is 3.49. The summed E-state index contributed by atoms with van der Waals surface area (Å²) >= 11 is 6.42. The lowest BCUT2D eigenvalue weighted by Crippen LogP contribution is -2.49. The number of amides is 1. The average molecular weight is 671 g/mol. The second-order valence-electron chi connectivity index (χ2n) is 13.2. The van der Waals surface area contributed by atoms with E-state index in [1.54, 1.807) is 18.2 Å². The van der Waals surface area contributed by atoms with Gasteiger partial charge in [-0.05, 0) is 105 Å². The second kappa shape index (κ2) is 13.6. The molecule has 2 aliphatic heterocycles. The van der Waals surface area contributed by atoms with Gasteiger partial charge in [0.2, 0.25) is 10.0 Å². The van der Waals surface area contributed by atoms with Crippen LogP contribution in [0.25, 0.3) is 0 Å². The topological polar surface area (TPSA) is 111 Å². The summed E-state index contributed by atoms with van der Waals surface area (Å²) in [6, 6.07) is 11.4. The Labute approximate surface area is 276 Å². The standard InChI is InChI=1S/C35H43ClN2O7S/c1-3-27-8-4-5-9-31(44-20-33(39)43-2)28-13-10-25(28)19-38-21-35(16-6-7-23-17-26(36)12-14-29(23)35)22-45-32-15-11-24(18-30(32)38)34(40)37-46(27,41)42/h5,9,11-12,14-15,17-18,25,27-28,31H,3-4,6-8,10,13,16,19-22H2,1-2H3,(H,37,40)/b9-5-/t25-,27+,28+,31-,35-/m0/s1. The number of sulfonamides is 1. The highest BCUT2D eigenvalue weighted by Gasteiger charge is 2.44. The van der Waals surface area contributed by atoms with Gasteiger partial charge in [0.1, 0.15) is 12.4 Å². The van der Waals surface area contributed by atoms with Crippen LogP contribution in [0.5, 0.6) is 5.75 Å². The number of hydrogen-bond acceptors (Lipinski definition) is 8. The van der Waals surface area contributed by atoms with Gasteiger partial charge in [-0.3, -0.25) is 4.79 Å². The van der Waals surface area contributed by atoms with Crippen molar-refractivity contribution in [3.8, 4) is 5.75 Å². The van der Waals surface area contributed by atoms with Crippen LogP contribution in [0.15, 0.2) is 48.6 Å². The Morgan fingerprint density at radius 2 is 2.02 bits per heavy atom. The molecule has 5 atom stereocenters. The van der Waals surface area contributed by atoms with Crippen LogP contribution in [0.3, 0.4) is 0 Å². The predicted molar refractivity (Wildman–Crippen MR) is 177 cm³/mol. The minimum Gasteiger partial charge on any atom is -0.490 e. The molecule has 2 aromatic rings. The van der Waals surface area contributed by atoms with Gasteiger partial charge in [-0.15, -0.1) is 0 Å². The number of aryl methyl sites for hydroxylation is 1. The molecule has 46 heavy (non-hydrogen) atoms. The number of allylic oxidation sites excluding steroid dienone is 1. The van der Waals surface area contributed by atoms with Crippen molar-refractivity contribution in [2.24, 2.45) is 11.8 Å². The number of esters is 1. The molecule has 2 aliphatic carbocycles. The molecular formula is C35H43ClN2O7S. The Morgan fingerprint density at radius 1 is 1.17 bits per heavy atom. The van der Waals surface area contributed by atoms with Crippen molar-refractivity contribution in [1.82, 2.24) is 4.72 Å². The smallest absolute Gasteiger partial charge is 0.331 e. The Balaban J connectivity index is 1.41. The number of fused-ring (bicyclic) bond motifs is 4. The molecule has 0 unspecified atom stereocenters. The number of halogens is 1.